The van der Waals surface area contributed by atoms with Crippen LogP contribution in [0.25, 0.3) is 88.9 Å². The van der Waals surface area contributed by atoms with Crippen molar-refractivity contribution in [2.45, 2.75) is 6.42 Å². The molecule has 3 heterocycles. The Hall–Kier alpha value is -6.85. The van der Waals surface area contributed by atoms with Gasteiger partial charge in [0.2, 0.25) is 0 Å². The van der Waals surface area contributed by atoms with Crippen LogP contribution >= 0.6 is 0 Å². The number of hydrogen-bond acceptors (Lipinski definition) is 5. The van der Waals surface area contributed by atoms with E-state index in [0.717, 1.165) is 82.8 Å². The first-order chi connectivity index (χ1) is 25.2. The number of aromatic nitrogens is 3. The summed E-state index contributed by atoms with van der Waals surface area (Å²) in [5.74, 6) is 1.97. The standard InChI is InChI=1S/C46H29N3O2/c1-3-12-29(13-4-1)31-16-9-18-34(26-31)46-48-42(47-45(49-46)30-14-5-2-6-15-30)28-33-17-10-23-41-43(33)38-27-32(24-25-40(38)50-41)35-20-11-21-37-36-19-7-8-22-39(36)51-44(35)37/h1-27H,28H2. The predicted molar refractivity (Wildman–Crippen MR) is 205 cm³/mol. The lowest BCUT2D eigenvalue weighted by atomic mass is 9.98. The van der Waals surface area contributed by atoms with Crippen molar-refractivity contribution in [3.8, 4) is 45.0 Å². The minimum atomic E-state index is 0.503. The van der Waals surface area contributed by atoms with Crippen molar-refractivity contribution in [3.05, 3.63) is 175 Å². The van der Waals surface area contributed by atoms with Crippen molar-refractivity contribution in [1.29, 1.82) is 0 Å². The Morgan fingerprint density at radius 1 is 0.392 bits per heavy atom. The van der Waals surface area contributed by atoms with E-state index in [0.29, 0.717) is 23.9 Å². The van der Waals surface area contributed by atoms with Crippen molar-refractivity contribution in [3.63, 3.8) is 0 Å². The number of rotatable bonds is 6. The molecule has 7 aromatic carbocycles. The van der Waals surface area contributed by atoms with Gasteiger partial charge in [-0.1, -0.05) is 133 Å². The number of fused-ring (bicyclic) bond motifs is 6. The summed E-state index contributed by atoms with van der Waals surface area (Å²) in [6.45, 7) is 0. The molecule has 0 fully saturated rings. The monoisotopic (exact) mass is 655 g/mol. The van der Waals surface area contributed by atoms with Crippen molar-refractivity contribution in [1.82, 2.24) is 15.0 Å². The van der Waals surface area contributed by atoms with Gasteiger partial charge in [0.05, 0.1) is 0 Å². The molecule has 5 heteroatoms. The van der Waals surface area contributed by atoms with Crippen LogP contribution in [-0.4, -0.2) is 15.0 Å². The molecule has 0 saturated carbocycles. The van der Waals surface area contributed by atoms with E-state index < -0.39 is 0 Å². The highest BCUT2D eigenvalue weighted by atomic mass is 16.3. The van der Waals surface area contributed by atoms with Gasteiger partial charge >= 0.3 is 0 Å². The second kappa shape index (κ2) is 11.9. The summed E-state index contributed by atoms with van der Waals surface area (Å²) in [5, 5.41) is 4.32. The molecule has 3 aromatic heterocycles. The van der Waals surface area contributed by atoms with Gasteiger partial charge in [-0.25, -0.2) is 15.0 Å². The van der Waals surface area contributed by atoms with Crippen LogP contribution in [0.2, 0.25) is 0 Å². The Labute approximate surface area is 293 Å². The van der Waals surface area contributed by atoms with E-state index in [1.165, 1.54) is 0 Å². The predicted octanol–water partition coefficient (Wildman–Crippen LogP) is 11.9. The molecule has 0 atom stereocenters. The second-order valence-electron chi connectivity index (χ2n) is 12.8. The summed E-state index contributed by atoms with van der Waals surface area (Å²) in [6, 6.07) is 56.0. The fourth-order valence-electron chi connectivity index (χ4n) is 7.17. The van der Waals surface area contributed by atoms with Crippen molar-refractivity contribution in [2.75, 3.05) is 0 Å². The highest BCUT2D eigenvalue weighted by Gasteiger charge is 2.18. The molecule has 0 bridgehead atoms. The van der Waals surface area contributed by atoms with E-state index in [1.807, 2.05) is 60.7 Å². The zero-order chi connectivity index (χ0) is 33.7. The Morgan fingerprint density at radius 3 is 1.90 bits per heavy atom. The lowest BCUT2D eigenvalue weighted by Gasteiger charge is -2.10. The van der Waals surface area contributed by atoms with Crippen LogP contribution in [-0.2, 0) is 6.42 Å². The van der Waals surface area contributed by atoms with Gasteiger partial charge in [-0.05, 0) is 52.6 Å². The number of nitrogens with zero attached hydrogens (tertiary/aromatic N) is 3. The number of para-hydroxylation sites is 2. The fourth-order valence-corrected chi connectivity index (χ4v) is 7.17. The smallest absolute Gasteiger partial charge is 0.163 e. The van der Waals surface area contributed by atoms with Crippen molar-refractivity contribution in [2.24, 2.45) is 0 Å². The van der Waals surface area contributed by atoms with Gasteiger partial charge in [-0.15, -0.1) is 0 Å². The summed E-state index contributed by atoms with van der Waals surface area (Å²) in [7, 11) is 0. The summed E-state index contributed by atoms with van der Waals surface area (Å²) in [5.41, 5.74) is 10.8. The molecule has 0 unspecified atom stereocenters. The Bertz CT molecular complexity index is 2890. The van der Waals surface area contributed by atoms with E-state index in [9.17, 15) is 0 Å². The van der Waals surface area contributed by atoms with E-state index in [1.54, 1.807) is 0 Å². The average Bonchev–Trinajstić information content (AvgIpc) is 3.77. The van der Waals surface area contributed by atoms with Gasteiger partial charge in [-0.3, -0.25) is 0 Å². The zero-order valence-corrected chi connectivity index (χ0v) is 27.5. The lowest BCUT2D eigenvalue weighted by molar-refractivity contribution is 0.668. The van der Waals surface area contributed by atoms with E-state index in [2.05, 4.69) is 103 Å². The Morgan fingerprint density at radius 2 is 1.04 bits per heavy atom. The molecule has 0 amide bonds. The fraction of sp³-hybridized carbons (Fsp3) is 0.0217. The zero-order valence-electron chi connectivity index (χ0n) is 27.5. The lowest BCUT2D eigenvalue weighted by Crippen LogP contribution is -2.04. The molecule has 5 nitrogen and oxygen atoms in total. The topological polar surface area (TPSA) is 65.0 Å². The van der Waals surface area contributed by atoms with Crippen LogP contribution in [0.3, 0.4) is 0 Å². The summed E-state index contributed by atoms with van der Waals surface area (Å²) >= 11 is 0. The number of benzene rings is 7. The molecule has 0 saturated heterocycles. The van der Waals surface area contributed by atoms with Crippen molar-refractivity contribution >= 4 is 43.9 Å². The first-order valence-corrected chi connectivity index (χ1v) is 17.1. The van der Waals surface area contributed by atoms with Gasteiger partial charge in [0.25, 0.3) is 0 Å². The molecular weight excluding hydrogens is 627 g/mol. The maximum Gasteiger partial charge on any atom is 0.163 e. The van der Waals surface area contributed by atoms with Gasteiger partial charge < -0.3 is 8.83 Å². The maximum atomic E-state index is 6.42. The molecule has 51 heavy (non-hydrogen) atoms. The average molecular weight is 656 g/mol. The van der Waals surface area contributed by atoms with Crippen LogP contribution in [0.4, 0.5) is 0 Å². The molecule has 0 aliphatic heterocycles. The van der Waals surface area contributed by atoms with Crippen LogP contribution in [0.15, 0.2) is 173 Å². The molecule has 0 radical (unpaired) electrons. The van der Waals surface area contributed by atoms with Crippen LogP contribution < -0.4 is 0 Å². The largest absolute Gasteiger partial charge is 0.456 e. The third kappa shape index (κ3) is 5.15. The van der Waals surface area contributed by atoms with Crippen LogP contribution in [0, 0.1) is 0 Å². The molecule has 0 spiro atoms. The molecular formula is C46H29N3O2. The van der Waals surface area contributed by atoms with E-state index >= 15 is 0 Å². The molecule has 0 aliphatic carbocycles. The molecule has 240 valence electrons. The highest BCUT2D eigenvalue weighted by Crippen LogP contribution is 2.39. The Kier molecular flexibility index (Phi) is 6.81. The number of furan rings is 2. The van der Waals surface area contributed by atoms with Crippen molar-refractivity contribution < 1.29 is 8.83 Å². The van der Waals surface area contributed by atoms with Gasteiger partial charge in [0.1, 0.15) is 28.2 Å². The first kappa shape index (κ1) is 29.1. The van der Waals surface area contributed by atoms with Crippen LogP contribution in [0.5, 0.6) is 0 Å². The van der Waals surface area contributed by atoms with Gasteiger partial charge in [-0.2, -0.15) is 0 Å². The SMILES string of the molecule is c1ccc(-c2cccc(-c3nc(Cc4cccc5oc6ccc(-c7cccc8c7oc7ccccc78)cc6c45)nc(-c4ccccc4)n3)c2)cc1. The second-order valence-corrected chi connectivity index (χ2v) is 12.8. The molecule has 0 aliphatic rings. The van der Waals surface area contributed by atoms with Crippen LogP contribution in [0.1, 0.15) is 11.4 Å². The summed E-state index contributed by atoms with van der Waals surface area (Å²) in [4.78, 5) is 15.1. The van der Waals surface area contributed by atoms with E-state index in [-0.39, 0.29) is 0 Å². The third-order valence-corrected chi connectivity index (χ3v) is 9.59. The molecule has 0 N–H and O–H groups in total. The van der Waals surface area contributed by atoms with Gasteiger partial charge in [0.15, 0.2) is 11.6 Å². The highest BCUT2D eigenvalue weighted by molar-refractivity contribution is 6.12. The summed E-state index contributed by atoms with van der Waals surface area (Å²) in [6.07, 6.45) is 0.503. The Balaban J connectivity index is 1.10. The third-order valence-electron chi connectivity index (χ3n) is 9.59. The normalized spacial score (nSPS) is 11.6. The molecule has 10 aromatic rings. The minimum absolute atomic E-state index is 0.503. The minimum Gasteiger partial charge on any atom is -0.456 e. The van der Waals surface area contributed by atoms with Gasteiger partial charge in [0, 0.05) is 44.7 Å². The van der Waals surface area contributed by atoms with E-state index in [4.69, 9.17) is 23.8 Å². The molecule has 10 rings (SSSR count). The summed E-state index contributed by atoms with van der Waals surface area (Å²) < 4.78 is 12.8. The first-order valence-electron chi connectivity index (χ1n) is 17.1. The number of hydrogen-bond donors (Lipinski definition) is 0. The quantitative estimate of drug-likeness (QED) is 0.178. The maximum absolute atomic E-state index is 6.42.